The standard InChI is InChI=1S/C10H15NO3S/c12-15(13,10-4-2-1-3-5-10)11-6-8-14-9-7-11/h1-2,4H,3,5-9H2. The molecule has 0 radical (unpaired) electrons. The smallest absolute Gasteiger partial charge is 0.239 e. The van der Waals surface area contributed by atoms with E-state index < -0.39 is 10.0 Å². The molecule has 2 rings (SSSR count). The van der Waals surface area contributed by atoms with Crippen LogP contribution < -0.4 is 0 Å². The van der Waals surface area contributed by atoms with Gasteiger partial charge in [0.1, 0.15) is 0 Å². The van der Waals surface area contributed by atoms with Crippen molar-refractivity contribution in [1.29, 1.82) is 0 Å². The SMILES string of the molecule is O=S(=O)(C1=CC=CCC1)N1CCOCC1. The maximum atomic E-state index is 12.1. The fraction of sp³-hybridized carbons (Fsp3) is 0.600. The van der Waals surface area contributed by atoms with Gasteiger partial charge >= 0.3 is 0 Å². The first kappa shape index (κ1) is 10.9. The summed E-state index contributed by atoms with van der Waals surface area (Å²) in [6.45, 7) is 1.96. The molecule has 2 aliphatic rings. The molecule has 0 aromatic heterocycles. The molecule has 5 heteroatoms. The topological polar surface area (TPSA) is 46.6 Å². The predicted octanol–water partition coefficient (Wildman–Crippen LogP) is 0.882. The summed E-state index contributed by atoms with van der Waals surface area (Å²) in [7, 11) is -3.22. The van der Waals surface area contributed by atoms with E-state index in [4.69, 9.17) is 4.74 Å². The van der Waals surface area contributed by atoms with Gasteiger partial charge in [-0.3, -0.25) is 0 Å². The molecule has 1 aliphatic carbocycles. The van der Waals surface area contributed by atoms with E-state index in [-0.39, 0.29) is 0 Å². The fourth-order valence-corrected chi connectivity index (χ4v) is 3.34. The number of sulfonamides is 1. The molecule has 0 aromatic rings. The monoisotopic (exact) mass is 229 g/mol. The van der Waals surface area contributed by atoms with Crippen LogP contribution in [0.5, 0.6) is 0 Å². The van der Waals surface area contributed by atoms with Crippen molar-refractivity contribution in [2.45, 2.75) is 12.8 Å². The van der Waals surface area contributed by atoms with Gasteiger partial charge in [0, 0.05) is 13.1 Å². The quantitative estimate of drug-likeness (QED) is 0.706. The van der Waals surface area contributed by atoms with Gasteiger partial charge in [0.15, 0.2) is 0 Å². The van der Waals surface area contributed by atoms with Crippen molar-refractivity contribution in [3.63, 3.8) is 0 Å². The molecule has 0 amide bonds. The second-order valence-electron chi connectivity index (χ2n) is 3.62. The Kier molecular flexibility index (Phi) is 3.23. The first-order valence-corrected chi connectivity index (χ1v) is 6.59. The van der Waals surface area contributed by atoms with Gasteiger partial charge < -0.3 is 4.74 Å². The van der Waals surface area contributed by atoms with Crippen molar-refractivity contribution in [2.75, 3.05) is 26.3 Å². The lowest BCUT2D eigenvalue weighted by Gasteiger charge is -2.27. The number of morpholine rings is 1. The van der Waals surface area contributed by atoms with Crippen LogP contribution in [0.1, 0.15) is 12.8 Å². The van der Waals surface area contributed by atoms with Crippen molar-refractivity contribution >= 4 is 10.0 Å². The first-order valence-electron chi connectivity index (χ1n) is 5.15. The van der Waals surface area contributed by atoms with E-state index in [1.54, 1.807) is 6.08 Å². The van der Waals surface area contributed by atoms with Crippen LogP contribution >= 0.6 is 0 Å². The molecule has 1 heterocycles. The molecule has 0 aromatic carbocycles. The van der Waals surface area contributed by atoms with Crippen LogP contribution in [0, 0.1) is 0 Å². The Morgan fingerprint density at radius 3 is 2.60 bits per heavy atom. The lowest BCUT2D eigenvalue weighted by Crippen LogP contribution is -2.41. The molecule has 4 nitrogen and oxygen atoms in total. The third-order valence-electron chi connectivity index (χ3n) is 2.62. The largest absolute Gasteiger partial charge is 0.379 e. The summed E-state index contributed by atoms with van der Waals surface area (Å²) in [4.78, 5) is 0.534. The predicted molar refractivity (Wildman–Crippen MR) is 57.8 cm³/mol. The van der Waals surface area contributed by atoms with Crippen molar-refractivity contribution in [3.05, 3.63) is 23.1 Å². The first-order chi connectivity index (χ1) is 7.21. The Labute approximate surface area is 90.3 Å². The molecular formula is C10H15NO3S. The van der Waals surface area contributed by atoms with E-state index in [0.717, 1.165) is 6.42 Å². The third kappa shape index (κ3) is 2.30. The molecule has 84 valence electrons. The summed E-state index contributed by atoms with van der Waals surface area (Å²) >= 11 is 0. The summed E-state index contributed by atoms with van der Waals surface area (Å²) in [5, 5.41) is 0. The molecule has 1 saturated heterocycles. The van der Waals surface area contributed by atoms with E-state index in [1.807, 2.05) is 12.2 Å². The molecule has 0 bridgehead atoms. The van der Waals surface area contributed by atoms with Crippen LogP contribution in [0.3, 0.4) is 0 Å². The Bertz CT molecular complexity index is 377. The second-order valence-corrected chi connectivity index (χ2v) is 5.61. The van der Waals surface area contributed by atoms with Crippen LogP contribution in [-0.2, 0) is 14.8 Å². The average molecular weight is 229 g/mol. The number of allylic oxidation sites excluding steroid dienone is 4. The van der Waals surface area contributed by atoms with Gasteiger partial charge in [-0.1, -0.05) is 12.2 Å². The van der Waals surface area contributed by atoms with E-state index >= 15 is 0 Å². The zero-order valence-corrected chi connectivity index (χ0v) is 9.37. The van der Waals surface area contributed by atoms with E-state index in [0.29, 0.717) is 37.6 Å². The molecule has 0 spiro atoms. The number of rotatable bonds is 2. The van der Waals surface area contributed by atoms with Gasteiger partial charge in [0.05, 0.1) is 18.1 Å². The van der Waals surface area contributed by atoms with Crippen LogP contribution in [0.4, 0.5) is 0 Å². The average Bonchev–Trinajstić information content (AvgIpc) is 2.31. The van der Waals surface area contributed by atoms with Gasteiger partial charge in [0.2, 0.25) is 10.0 Å². The van der Waals surface area contributed by atoms with Gasteiger partial charge in [-0.2, -0.15) is 4.31 Å². The highest BCUT2D eigenvalue weighted by molar-refractivity contribution is 7.93. The Morgan fingerprint density at radius 2 is 2.00 bits per heavy atom. The number of nitrogens with zero attached hydrogens (tertiary/aromatic N) is 1. The molecular weight excluding hydrogens is 214 g/mol. The Morgan fingerprint density at radius 1 is 1.27 bits per heavy atom. The maximum Gasteiger partial charge on any atom is 0.239 e. The highest BCUT2D eigenvalue weighted by Gasteiger charge is 2.27. The van der Waals surface area contributed by atoms with Crippen molar-refractivity contribution in [2.24, 2.45) is 0 Å². The maximum absolute atomic E-state index is 12.1. The van der Waals surface area contributed by atoms with Crippen molar-refractivity contribution < 1.29 is 13.2 Å². The van der Waals surface area contributed by atoms with Crippen LogP contribution in [-0.4, -0.2) is 39.0 Å². The normalized spacial score (nSPS) is 23.9. The summed E-state index contributed by atoms with van der Waals surface area (Å²) in [6, 6.07) is 0. The lowest BCUT2D eigenvalue weighted by molar-refractivity contribution is 0.0734. The van der Waals surface area contributed by atoms with Crippen LogP contribution in [0.15, 0.2) is 23.1 Å². The van der Waals surface area contributed by atoms with Crippen molar-refractivity contribution in [1.82, 2.24) is 4.31 Å². The lowest BCUT2D eigenvalue weighted by atomic mass is 10.2. The van der Waals surface area contributed by atoms with Gasteiger partial charge in [-0.15, -0.1) is 0 Å². The zero-order valence-electron chi connectivity index (χ0n) is 8.55. The fourth-order valence-electron chi connectivity index (χ4n) is 1.75. The van der Waals surface area contributed by atoms with Gasteiger partial charge in [-0.25, -0.2) is 8.42 Å². The molecule has 1 fully saturated rings. The van der Waals surface area contributed by atoms with E-state index in [1.165, 1.54) is 4.31 Å². The Balaban J connectivity index is 2.17. The minimum atomic E-state index is -3.22. The molecule has 1 aliphatic heterocycles. The molecule has 0 saturated carbocycles. The number of hydrogen-bond acceptors (Lipinski definition) is 3. The number of hydrogen-bond donors (Lipinski definition) is 0. The van der Waals surface area contributed by atoms with E-state index in [2.05, 4.69) is 0 Å². The number of ether oxygens (including phenoxy) is 1. The van der Waals surface area contributed by atoms with Gasteiger partial charge in [-0.05, 0) is 18.9 Å². The minimum absolute atomic E-state index is 0.476. The van der Waals surface area contributed by atoms with E-state index in [9.17, 15) is 8.42 Å². The van der Waals surface area contributed by atoms with Crippen LogP contribution in [0.2, 0.25) is 0 Å². The summed E-state index contributed by atoms with van der Waals surface area (Å²) in [6.07, 6.45) is 6.94. The summed E-state index contributed by atoms with van der Waals surface area (Å²) < 4.78 is 30.9. The van der Waals surface area contributed by atoms with Crippen LogP contribution in [0.25, 0.3) is 0 Å². The summed E-state index contributed by atoms with van der Waals surface area (Å²) in [5.41, 5.74) is 0. The third-order valence-corrected chi connectivity index (χ3v) is 4.66. The minimum Gasteiger partial charge on any atom is -0.379 e. The highest BCUT2D eigenvalue weighted by atomic mass is 32.2. The Hall–Kier alpha value is -0.650. The van der Waals surface area contributed by atoms with Crippen molar-refractivity contribution in [3.8, 4) is 0 Å². The second kappa shape index (κ2) is 4.47. The highest BCUT2D eigenvalue weighted by Crippen LogP contribution is 2.22. The van der Waals surface area contributed by atoms with Gasteiger partial charge in [0.25, 0.3) is 0 Å². The summed E-state index contributed by atoms with van der Waals surface area (Å²) in [5.74, 6) is 0. The molecule has 15 heavy (non-hydrogen) atoms. The zero-order chi connectivity index (χ0) is 10.7. The molecule has 0 atom stereocenters. The molecule has 0 N–H and O–H groups in total. The molecule has 0 unspecified atom stereocenters.